The van der Waals surface area contributed by atoms with Crippen LogP contribution in [0.1, 0.15) is 78.6 Å². The van der Waals surface area contributed by atoms with E-state index in [1.807, 2.05) is 0 Å². The Morgan fingerprint density at radius 2 is 1.71 bits per heavy atom. The van der Waals surface area contributed by atoms with E-state index in [-0.39, 0.29) is 35.7 Å². The summed E-state index contributed by atoms with van der Waals surface area (Å²) in [7, 11) is 0. The molecule has 162 valence electrons. The number of rotatable bonds is 4. The van der Waals surface area contributed by atoms with Crippen molar-refractivity contribution in [2.45, 2.75) is 96.9 Å². The minimum atomic E-state index is -0.308. The summed E-state index contributed by atoms with van der Waals surface area (Å²) < 4.78 is 0. The van der Waals surface area contributed by atoms with Gasteiger partial charge in [-0.3, -0.25) is 0 Å². The van der Waals surface area contributed by atoms with E-state index in [1.54, 1.807) is 0 Å². The molecule has 0 aliphatic heterocycles. The van der Waals surface area contributed by atoms with E-state index in [2.05, 4.69) is 20.8 Å². The summed E-state index contributed by atoms with van der Waals surface area (Å²) in [6.45, 7) is 7.23. The lowest BCUT2D eigenvalue weighted by Gasteiger charge is -2.63. The molecule has 4 heteroatoms. The van der Waals surface area contributed by atoms with E-state index in [9.17, 15) is 20.4 Å². The minimum Gasteiger partial charge on any atom is -0.396 e. The van der Waals surface area contributed by atoms with Gasteiger partial charge in [-0.25, -0.2) is 0 Å². The Kier molecular flexibility index (Phi) is 5.66. The lowest BCUT2D eigenvalue weighted by molar-refractivity contribution is -0.207. The highest BCUT2D eigenvalue weighted by Gasteiger charge is 2.65. The monoisotopic (exact) mass is 394 g/mol. The molecule has 4 nitrogen and oxygen atoms in total. The molecule has 0 radical (unpaired) electrons. The molecule has 4 rings (SSSR count). The first-order valence-corrected chi connectivity index (χ1v) is 11.9. The van der Waals surface area contributed by atoms with E-state index in [4.69, 9.17) is 0 Å². The highest BCUT2D eigenvalue weighted by molar-refractivity contribution is 5.14. The standard InChI is InChI=1S/C24H42O4/c1-14(5-4-10-25)17-6-7-18-22-19(13-21(28)24(17,18)3)23(2)9-8-16(26)11-15(23)12-20(22)27/h14-22,25-28H,4-13H2,1-3H3/t14-,15-,16-,17-,18+,19+,20-,21+,22?,23?,24?/m1/s1. The molecule has 0 spiro atoms. The van der Waals surface area contributed by atoms with E-state index in [1.165, 1.54) is 0 Å². The molecule has 0 aromatic rings. The molecule has 0 amide bonds. The smallest absolute Gasteiger partial charge is 0.0602 e. The van der Waals surface area contributed by atoms with Crippen LogP contribution in [-0.2, 0) is 0 Å². The summed E-state index contributed by atoms with van der Waals surface area (Å²) in [6, 6.07) is 0. The molecule has 0 bridgehead atoms. The summed E-state index contributed by atoms with van der Waals surface area (Å²) >= 11 is 0. The SMILES string of the molecule is C[C@H](CCCO)[C@H]1CC[C@H]2C3[C@H](O)C[C@H]4C[C@H](O)CCC4(C)[C@H]3C[C@H](O)C12C. The third-order valence-corrected chi connectivity index (χ3v) is 10.3. The van der Waals surface area contributed by atoms with Crippen LogP contribution in [0.2, 0.25) is 0 Å². The largest absolute Gasteiger partial charge is 0.396 e. The van der Waals surface area contributed by atoms with Crippen molar-refractivity contribution in [2.75, 3.05) is 6.61 Å². The Balaban J connectivity index is 1.62. The second-order valence-corrected chi connectivity index (χ2v) is 11.4. The second kappa shape index (κ2) is 7.51. The predicted octanol–water partition coefficient (Wildman–Crippen LogP) is 3.36. The van der Waals surface area contributed by atoms with Crippen molar-refractivity contribution < 1.29 is 20.4 Å². The van der Waals surface area contributed by atoms with Crippen molar-refractivity contribution in [3.63, 3.8) is 0 Å². The van der Waals surface area contributed by atoms with Crippen molar-refractivity contribution in [3.8, 4) is 0 Å². The van der Waals surface area contributed by atoms with Gasteiger partial charge in [-0.05, 0) is 104 Å². The molecule has 0 aromatic heterocycles. The van der Waals surface area contributed by atoms with Crippen molar-refractivity contribution in [2.24, 2.45) is 46.3 Å². The van der Waals surface area contributed by atoms with Gasteiger partial charge in [-0.15, -0.1) is 0 Å². The fraction of sp³-hybridized carbons (Fsp3) is 1.00. The Hall–Kier alpha value is -0.160. The van der Waals surface area contributed by atoms with Gasteiger partial charge in [0, 0.05) is 6.61 Å². The van der Waals surface area contributed by atoms with Crippen LogP contribution >= 0.6 is 0 Å². The number of aliphatic hydroxyl groups is 4. The van der Waals surface area contributed by atoms with Gasteiger partial charge < -0.3 is 20.4 Å². The summed E-state index contributed by atoms with van der Waals surface area (Å²) in [5, 5.41) is 42.2. The van der Waals surface area contributed by atoms with Crippen LogP contribution in [0.25, 0.3) is 0 Å². The van der Waals surface area contributed by atoms with Crippen LogP contribution in [-0.4, -0.2) is 45.3 Å². The van der Waals surface area contributed by atoms with Gasteiger partial charge in [0.2, 0.25) is 0 Å². The van der Waals surface area contributed by atoms with Crippen LogP contribution in [0.15, 0.2) is 0 Å². The lowest BCUT2D eigenvalue weighted by atomic mass is 9.43. The molecule has 11 atom stereocenters. The minimum absolute atomic E-state index is 0.117. The fourth-order valence-electron chi connectivity index (χ4n) is 8.75. The van der Waals surface area contributed by atoms with Crippen LogP contribution < -0.4 is 0 Å². The van der Waals surface area contributed by atoms with Crippen molar-refractivity contribution in [1.82, 2.24) is 0 Å². The van der Waals surface area contributed by atoms with Crippen molar-refractivity contribution >= 4 is 0 Å². The third-order valence-electron chi connectivity index (χ3n) is 10.3. The van der Waals surface area contributed by atoms with Gasteiger partial charge in [0.15, 0.2) is 0 Å². The lowest BCUT2D eigenvalue weighted by Crippen LogP contribution is -2.62. The maximum Gasteiger partial charge on any atom is 0.0602 e. The zero-order chi connectivity index (χ0) is 20.3. The first-order chi connectivity index (χ1) is 13.2. The predicted molar refractivity (Wildman–Crippen MR) is 109 cm³/mol. The van der Waals surface area contributed by atoms with Gasteiger partial charge in [0.25, 0.3) is 0 Å². The van der Waals surface area contributed by atoms with Crippen LogP contribution in [0, 0.1) is 46.3 Å². The summed E-state index contributed by atoms with van der Waals surface area (Å²) in [6.07, 6.45) is 7.62. The average Bonchev–Trinajstić information content (AvgIpc) is 3.01. The van der Waals surface area contributed by atoms with Gasteiger partial charge in [-0.1, -0.05) is 20.8 Å². The normalized spacial score (nSPS) is 54.5. The van der Waals surface area contributed by atoms with E-state index < -0.39 is 0 Å². The molecule has 0 saturated heterocycles. The first kappa shape index (κ1) is 21.1. The zero-order valence-electron chi connectivity index (χ0n) is 18.1. The second-order valence-electron chi connectivity index (χ2n) is 11.4. The molecule has 4 N–H and O–H groups in total. The number of aliphatic hydroxyl groups excluding tert-OH is 4. The molecule has 4 aliphatic rings. The van der Waals surface area contributed by atoms with Crippen LogP contribution in [0.4, 0.5) is 0 Å². The molecule has 28 heavy (non-hydrogen) atoms. The van der Waals surface area contributed by atoms with Gasteiger partial charge >= 0.3 is 0 Å². The molecule has 4 saturated carbocycles. The average molecular weight is 395 g/mol. The Bertz CT molecular complexity index is 567. The highest BCUT2D eigenvalue weighted by atomic mass is 16.3. The summed E-state index contributed by atoms with van der Waals surface area (Å²) in [4.78, 5) is 0. The maximum absolute atomic E-state index is 11.5. The molecule has 4 aliphatic carbocycles. The molecule has 0 aromatic carbocycles. The highest BCUT2D eigenvalue weighted by Crippen LogP contribution is 2.68. The summed E-state index contributed by atoms with van der Waals surface area (Å²) in [5.74, 6) is 2.41. The number of hydrogen-bond donors (Lipinski definition) is 4. The molecule has 3 unspecified atom stereocenters. The Morgan fingerprint density at radius 3 is 2.43 bits per heavy atom. The van der Waals surface area contributed by atoms with E-state index in [0.29, 0.717) is 35.5 Å². The zero-order valence-corrected chi connectivity index (χ0v) is 18.1. The van der Waals surface area contributed by atoms with Crippen molar-refractivity contribution in [3.05, 3.63) is 0 Å². The number of hydrogen-bond acceptors (Lipinski definition) is 4. The fourth-order valence-corrected chi connectivity index (χ4v) is 8.75. The van der Waals surface area contributed by atoms with E-state index >= 15 is 0 Å². The molecule has 0 heterocycles. The molecular formula is C24H42O4. The Morgan fingerprint density at radius 1 is 0.964 bits per heavy atom. The van der Waals surface area contributed by atoms with Crippen LogP contribution in [0.5, 0.6) is 0 Å². The summed E-state index contributed by atoms with van der Waals surface area (Å²) in [5.41, 5.74) is 0.0282. The van der Waals surface area contributed by atoms with Crippen LogP contribution in [0.3, 0.4) is 0 Å². The first-order valence-electron chi connectivity index (χ1n) is 11.9. The Labute approximate surface area is 170 Å². The van der Waals surface area contributed by atoms with Gasteiger partial charge in [0.1, 0.15) is 0 Å². The third kappa shape index (κ3) is 3.01. The van der Waals surface area contributed by atoms with Gasteiger partial charge in [-0.2, -0.15) is 0 Å². The van der Waals surface area contributed by atoms with E-state index in [0.717, 1.165) is 57.8 Å². The maximum atomic E-state index is 11.5. The molecule has 4 fully saturated rings. The topological polar surface area (TPSA) is 80.9 Å². The quantitative estimate of drug-likeness (QED) is 0.589. The number of fused-ring (bicyclic) bond motifs is 5. The molecular weight excluding hydrogens is 352 g/mol. The van der Waals surface area contributed by atoms with Crippen molar-refractivity contribution in [1.29, 1.82) is 0 Å². The van der Waals surface area contributed by atoms with Gasteiger partial charge in [0.05, 0.1) is 18.3 Å².